The molecule has 5 nitrogen and oxygen atoms in total. The van der Waals surface area contributed by atoms with E-state index in [1.54, 1.807) is 18.3 Å². The molecule has 0 bridgehead atoms. The molecule has 0 aliphatic heterocycles. The summed E-state index contributed by atoms with van der Waals surface area (Å²) in [5, 5.41) is 6.49. The van der Waals surface area contributed by atoms with Crippen molar-refractivity contribution < 1.29 is 9.13 Å². The number of ether oxygens (including phenoxy) is 1. The van der Waals surface area contributed by atoms with Crippen LogP contribution in [0.1, 0.15) is 23.7 Å². The molecule has 0 spiro atoms. The number of guanidine groups is 1. The molecule has 30 heavy (non-hydrogen) atoms. The van der Waals surface area contributed by atoms with E-state index in [9.17, 15) is 4.39 Å². The van der Waals surface area contributed by atoms with E-state index >= 15 is 0 Å². The van der Waals surface area contributed by atoms with E-state index in [1.165, 1.54) is 12.1 Å². The summed E-state index contributed by atoms with van der Waals surface area (Å²) in [5.74, 6) is 1.25. The normalized spacial score (nSPS) is 10.8. The molecular weight excluding hydrogens is 494 g/mol. The van der Waals surface area contributed by atoms with Crippen LogP contribution in [0.25, 0.3) is 0 Å². The number of pyridine rings is 1. The van der Waals surface area contributed by atoms with Gasteiger partial charge in [0.15, 0.2) is 5.96 Å². The third-order valence-electron chi connectivity index (χ3n) is 4.15. The van der Waals surface area contributed by atoms with Crippen LogP contribution in [0.4, 0.5) is 4.39 Å². The second kappa shape index (κ2) is 12.8. The Morgan fingerprint density at radius 2 is 1.83 bits per heavy atom. The lowest BCUT2D eigenvalue weighted by atomic mass is 10.2. The van der Waals surface area contributed by atoms with Crippen LogP contribution in [0, 0.1) is 5.82 Å². The first kappa shape index (κ1) is 23.6. The predicted octanol–water partition coefficient (Wildman–Crippen LogP) is 4.67. The highest BCUT2D eigenvalue weighted by molar-refractivity contribution is 14.0. The summed E-state index contributed by atoms with van der Waals surface area (Å²) in [4.78, 5) is 8.89. The summed E-state index contributed by atoms with van der Waals surface area (Å²) in [6, 6.07) is 20.1. The van der Waals surface area contributed by atoms with Crippen LogP contribution in [-0.2, 0) is 19.7 Å². The van der Waals surface area contributed by atoms with E-state index in [0.717, 1.165) is 29.1 Å². The average molecular weight is 520 g/mol. The maximum Gasteiger partial charge on any atom is 0.191 e. The molecule has 3 aromatic rings. The lowest BCUT2D eigenvalue weighted by molar-refractivity contribution is 0.301. The first-order chi connectivity index (χ1) is 14.2. The van der Waals surface area contributed by atoms with Crippen molar-refractivity contribution in [2.24, 2.45) is 4.99 Å². The fourth-order valence-electron chi connectivity index (χ4n) is 2.67. The molecule has 1 aromatic heterocycles. The highest BCUT2D eigenvalue weighted by Gasteiger charge is 2.02. The quantitative estimate of drug-likeness (QED) is 0.258. The summed E-state index contributed by atoms with van der Waals surface area (Å²) < 4.78 is 18.9. The van der Waals surface area contributed by atoms with Gasteiger partial charge in [-0.3, -0.25) is 4.98 Å². The van der Waals surface area contributed by atoms with E-state index in [2.05, 4.69) is 20.6 Å². The fourth-order valence-corrected chi connectivity index (χ4v) is 2.67. The molecule has 2 N–H and O–H groups in total. The smallest absolute Gasteiger partial charge is 0.191 e. The van der Waals surface area contributed by atoms with E-state index < -0.39 is 0 Å². The molecule has 0 radical (unpaired) electrons. The minimum atomic E-state index is -0.237. The predicted molar refractivity (Wildman–Crippen MR) is 128 cm³/mol. The number of halogens is 2. The molecule has 0 saturated carbocycles. The number of nitrogens with one attached hydrogen (secondary N) is 2. The lowest BCUT2D eigenvalue weighted by Crippen LogP contribution is -2.36. The zero-order valence-corrected chi connectivity index (χ0v) is 19.2. The van der Waals surface area contributed by atoms with Crippen molar-refractivity contribution >= 4 is 29.9 Å². The molecule has 0 unspecified atom stereocenters. The molecule has 1 heterocycles. The van der Waals surface area contributed by atoms with Gasteiger partial charge in [0, 0.05) is 19.3 Å². The zero-order valence-electron chi connectivity index (χ0n) is 16.8. The van der Waals surface area contributed by atoms with Crippen molar-refractivity contribution in [1.82, 2.24) is 15.6 Å². The molecule has 0 amide bonds. The number of nitrogens with zero attached hydrogens (tertiary/aromatic N) is 2. The van der Waals surface area contributed by atoms with Gasteiger partial charge in [-0.1, -0.05) is 30.3 Å². The molecule has 0 aliphatic rings. The van der Waals surface area contributed by atoms with Gasteiger partial charge in [-0.2, -0.15) is 0 Å². The first-order valence-corrected chi connectivity index (χ1v) is 9.61. The molecule has 0 saturated heterocycles. The Morgan fingerprint density at radius 3 is 2.57 bits per heavy atom. The molecule has 158 valence electrons. The standard InChI is InChI=1S/C23H25FN4O.HI/c1-2-25-23(27-15-18-9-11-20(24)12-10-18)28-16-19-6-5-8-22(14-19)29-17-21-7-3-4-13-26-21;/h3-14H,2,15-17H2,1H3,(H2,25,27,28);1H. The third kappa shape index (κ3) is 7.98. The van der Waals surface area contributed by atoms with Crippen molar-refractivity contribution in [3.05, 3.63) is 95.6 Å². The monoisotopic (exact) mass is 520 g/mol. The van der Waals surface area contributed by atoms with Crippen LogP contribution in [0.15, 0.2) is 77.9 Å². The van der Waals surface area contributed by atoms with Gasteiger partial charge in [0.05, 0.1) is 12.2 Å². The minimum Gasteiger partial charge on any atom is -0.487 e. The van der Waals surface area contributed by atoms with Crippen LogP contribution in [0.5, 0.6) is 5.75 Å². The largest absolute Gasteiger partial charge is 0.487 e. The Labute approximate surface area is 193 Å². The van der Waals surface area contributed by atoms with Crippen LogP contribution in [-0.4, -0.2) is 17.5 Å². The summed E-state index contributed by atoms with van der Waals surface area (Å²) in [6.45, 7) is 4.28. The number of rotatable bonds is 8. The number of aromatic nitrogens is 1. The number of benzene rings is 2. The van der Waals surface area contributed by atoms with Gasteiger partial charge in [0.1, 0.15) is 18.2 Å². The van der Waals surface area contributed by atoms with Crippen LogP contribution >= 0.6 is 24.0 Å². The number of aliphatic imine (C=N–C) groups is 1. The summed E-state index contributed by atoms with van der Waals surface area (Å²) >= 11 is 0. The van der Waals surface area contributed by atoms with Crippen molar-refractivity contribution in [3.63, 3.8) is 0 Å². The molecule has 0 atom stereocenters. The Kier molecular flexibility index (Phi) is 10.1. The molecule has 2 aromatic carbocycles. The zero-order chi connectivity index (χ0) is 20.3. The second-order valence-corrected chi connectivity index (χ2v) is 6.43. The highest BCUT2D eigenvalue weighted by atomic mass is 127. The maximum atomic E-state index is 13.0. The summed E-state index contributed by atoms with van der Waals surface area (Å²) in [7, 11) is 0. The Morgan fingerprint density at radius 1 is 1.00 bits per heavy atom. The highest BCUT2D eigenvalue weighted by Crippen LogP contribution is 2.15. The van der Waals surface area contributed by atoms with Gasteiger partial charge in [0.25, 0.3) is 0 Å². The van der Waals surface area contributed by atoms with Gasteiger partial charge in [-0.15, -0.1) is 24.0 Å². The molecule has 0 aliphatic carbocycles. The average Bonchev–Trinajstić information content (AvgIpc) is 2.76. The molecule has 0 fully saturated rings. The van der Waals surface area contributed by atoms with Gasteiger partial charge in [-0.05, 0) is 54.4 Å². The van der Waals surface area contributed by atoms with Crippen molar-refractivity contribution in [2.45, 2.75) is 26.6 Å². The van der Waals surface area contributed by atoms with Gasteiger partial charge >= 0.3 is 0 Å². The van der Waals surface area contributed by atoms with Crippen LogP contribution < -0.4 is 15.4 Å². The van der Waals surface area contributed by atoms with E-state index in [4.69, 9.17) is 4.74 Å². The van der Waals surface area contributed by atoms with E-state index in [-0.39, 0.29) is 29.8 Å². The van der Waals surface area contributed by atoms with Crippen LogP contribution in [0.2, 0.25) is 0 Å². The first-order valence-electron chi connectivity index (χ1n) is 9.61. The Bertz CT molecular complexity index is 920. The number of hydrogen-bond acceptors (Lipinski definition) is 3. The van der Waals surface area contributed by atoms with Crippen molar-refractivity contribution in [3.8, 4) is 5.75 Å². The third-order valence-corrected chi connectivity index (χ3v) is 4.15. The van der Waals surface area contributed by atoms with Gasteiger partial charge in [0.2, 0.25) is 0 Å². The van der Waals surface area contributed by atoms with E-state index in [1.807, 2.05) is 49.4 Å². The molecule has 3 rings (SSSR count). The topological polar surface area (TPSA) is 58.5 Å². The van der Waals surface area contributed by atoms with E-state index in [0.29, 0.717) is 25.7 Å². The maximum absolute atomic E-state index is 13.0. The lowest BCUT2D eigenvalue weighted by Gasteiger charge is -2.12. The Balaban J connectivity index is 0.00000320. The Hall–Kier alpha value is -2.68. The molecular formula is C23H26FIN4O. The second-order valence-electron chi connectivity index (χ2n) is 6.43. The van der Waals surface area contributed by atoms with Gasteiger partial charge < -0.3 is 15.4 Å². The molecule has 7 heteroatoms. The summed E-state index contributed by atoms with van der Waals surface area (Å²) in [5.41, 5.74) is 2.92. The van der Waals surface area contributed by atoms with Gasteiger partial charge in [-0.25, -0.2) is 9.38 Å². The van der Waals surface area contributed by atoms with Crippen molar-refractivity contribution in [1.29, 1.82) is 0 Å². The van der Waals surface area contributed by atoms with Crippen LogP contribution in [0.3, 0.4) is 0 Å². The summed E-state index contributed by atoms with van der Waals surface area (Å²) in [6.07, 6.45) is 1.75. The SMILES string of the molecule is CCNC(=NCc1cccc(OCc2ccccn2)c1)NCc1ccc(F)cc1.I. The minimum absolute atomic E-state index is 0. The number of hydrogen-bond donors (Lipinski definition) is 2. The fraction of sp³-hybridized carbons (Fsp3) is 0.217. The van der Waals surface area contributed by atoms with Crippen molar-refractivity contribution in [2.75, 3.05) is 6.54 Å².